The Labute approximate surface area is 106 Å². The SMILES string of the molecule is COC1CCN(Cc2ccc(C#CCO)s2)C1. The predicted octanol–water partition coefficient (Wildman–Crippen LogP) is 1.31. The van der Waals surface area contributed by atoms with E-state index in [0.29, 0.717) is 6.10 Å². The van der Waals surface area contributed by atoms with Gasteiger partial charge in [0, 0.05) is 31.6 Å². The molecule has 17 heavy (non-hydrogen) atoms. The van der Waals surface area contributed by atoms with Crippen molar-refractivity contribution in [3.63, 3.8) is 0 Å². The van der Waals surface area contributed by atoms with Gasteiger partial charge in [-0.15, -0.1) is 11.3 Å². The molecule has 0 aliphatic carbocycles. The highest BCUT2D eigenvalue weighted by atomic mass is 32.1. The van der Waals surface area contributed by atoms with Gasteiger partial charge in [0.1, 0.15) is 6.61 Å². The predicted molar refractivity (Wildman–Crippen MR) is 69.0 cm³/mol. The molecule has 0 saturated carbocycles. The highest BCUT2D eigenvalue weighted by Crippen LogP contribution is 2.20. The Morgan fingerprint density at radius 3 is 3.18 bits per heavy atom. The van der Waals surface area contributed by atoms with Gasteiger partial charge in [0.2, 0.25) is 0 Å². The maximum Gasteiger partial charge on any atom is 0.104 e. The quantitative estimate of drug-likeness (QED) is 0.822. The lowest BCUT2D eigenvalue weighted by Crippen LogP contribution is -2.21. The minimum absolute atomic E-state index is 0.0745. The molecule has 1 fully saturated rings. The van der Waals surface area contributed by atoms with Crippen LogP contribution >= 0.6 is 11.3 Å². The minimum atomic E-state index is -0.0745. The fourth-order valence-corrected chi connectivity index (χ4v) is 2.94. The molecule has 2 heterocycles. The topological polar surface area (TPSA) is 32.7 Å². The molecule has 92 valence electrons. The highest BCUT2D eigenvalue weighted by molar-refractivity contribution is 7.12. The van der Waals surface area contributed by atoms with Gasteiger partial charge in [-0.25, -0.2) is 0 Å². The number of likely N-dealkylation sites (tertiary alicyclic amines) is 1. The first kappa shape index (κ1) is 12.6. The molecule has 0 aromatic carbocycles. The van der Waals surface area contributed by atoms with Crippen molar-refractivity contribution >= 4 is 11.3 Å². The van der Waals surface area contributed by atoms with Crippen LogP contribution in [-0.2, 0) is 11.3 Å². The average Bonchev–Trinajstić information content (AvgIpc) is 2.96. The molecule has 3 nitrogen and oxygen atoms in total. The van der Waals surface area contributed by atoms with Crippen LogP contribution in [0.1, 0.15) is 16.2 Å². The normalized spacial score (nSPS) is 20.2. The van der Waals surface area contributed by atoms with E-state index in [0.717, 1.165) is 30.9 Å². The summed E-state index contributed by atoms with van der Waals surface area (Å²) in [5.41, 5.74) is 0. The van der Waals surface area contributed by atoms with Crippen molar-refractivity contribution in [2.45, 2.75) is 19.1 Å². The summed E-state index contributed by atoms with van der Waals surface area (Å²) in [6, 6.07) is 4.14. The zero-order chi connectivity index (χ0) is 12.1. The summed E-state index contributed by atoms with van der Waals surface area (Å²) >= 11 is 1.70. The fourth-order valence-electron chi connectivity index (χ4n) is 2.01. The molecule has 1 unspecified atom stereocenters. The molecule has 1 N–H and O–H groups in total. The van der Waals surface area contributed by atoms with Crippen LogP contribution in [0.25, 0.3) is 0 Å². The van der Waals surface area contributed by atoms with E-state index in [1.807, 2.05) is 6.07 Å². The minimum Gasteiger partial charge on any atom is -0.384 e. The van der Waals surface area contributed by atoms with Crippen LogP contribution in [0.3, 0.4) is 0 Å². The van der Waals surface area contributed by atoms with Gasteiger partial charge in [0.05, 0.1) is 11.0 Å². The van der Waals surface area contributed by atoms with E-state index in [-0.39, 0.29) is 6.61 Å². The fraction of sp³-hybridized carbons (Fsp3) is 0.538. The first-order chi connectivity index (χ1) is 8.31. The molecular weight excluding hydrogens is 234 g/mol. The lowest BCUT2D eigenvalue weighted by molar-refractivity contribution is 0.107. The Hall–Kier alpha value is -0.860. The second kappa shape index (κ2) is 6.18. The Bertz CT molecular complexity index is 419. The smallest absolute Gasteiger partial charge is 0.104 e. The lowest BCUT2D eigenvalue weighted by Gasteiger charge is -2.13. The van der Waals surface area contributed by atoms with E-state index in [1.165, 1.54) is 4.88 Å². The number of aliphatic hydroxyl groups is 1. The van der Waals surface area contributed by atoms with E-state index in [4.69, 9.17) is 9.84 Å². The van der Waals surface area contributed by atoms with Gasteiger partial charge in [-0.1, -0.05) is 11.8 Å². The summed E-state index contributed by atoms with van der Waals surface area (Å²) in [4.78, 5) is 4.75. The number of nitrogens with zero attached hydrogens (tertiary/aromatic N) is 1. The maximum atomic E-state index is 8.63. The molecule has 4 heteroatoms. The number of ether oxygens (including phenoxy) is 1. The Balaban J connectivity index is 1.89. The summed E-state index contributed by atoms with van der Waals surface area (Å²) < 4.78 is 5.35. The van der Waals surface area contributed by atoms with E-state index >= 15 is 0 Å². The molecular formula is C13H17NO2S. The zero-order valence-corrected chi connectivity index (χ0v) is 10.8. The summed E-state index contributed by atoms with van der Waals surface area (Å²) in [6.07, 6.45) is 1.52. The van der Waals surface area contributed by atoms with Gasteiger partial charge in [-0.05, 0) is 18.6 Å². The Kier molecular flexibility index (Phi) is 4.57. The summed E-state index contributed by atoms with van der Waals surface area (Å²) in [5, 5.41) is 8.63. The third-order valence-electron chi connectivity index (χ3n) is 2.89. The van der Waals surface area contributed by atoms with Gasteiger partial charge in [-0.3, -0.25) is 4.90 Å². The second-order valence-electron chi connectivity index (χ2n) is 4.11. The maximum absolute atomic E-state index is 8.63. The third kappa shape index (κ3) is 3.55. The largest absolute Gasteiger partial charge is 0.384 e. The second-order valence-corrected chi connectivity index (χ2v) is 5.28. The molecule has 1 aliphatic heterocycles. The van der Waals surface area contributed by atoms with Crippen LogP contribution in [0.15, 0.2) is 12.1 Å². The first-order valence-corrected chi connectivity index (χ1v) is 6.57. The molecule has 2 rings (SSSR count). The molecule has 1 saturated heterocycles. The van der Waals surface area contributed by atoms with Crippen LogP contribution in [0.5, 0.6) is 0 Å². The summed E-state index contributed by atoms with van der Waals surface area (Å²) in [6.45, 7) is 3.03. The van der Waals surface area contributed by atoms with Crippen molar-refractivity contribution in [3.8, 4) is 11.8 Å². The van der Waals surface area contributed by atoms with Crippen molar-refractivity contribution in [1.82, 2.24) is 4.90 Å². The van der Waals surface area contributed by atoms with E-state index in [9.17, 15) is 0 Å². The third-order valence-corrected chi connectivity index (χ3v) is 3.88. The van der Waals surface area contributed by atoms with Crippen LogP contribution in [0.2, 0.25) is 0 Å². The molecule has 1 aromatic heterocycles. The summed E-state index contributed by atoms with van der Waals surface area (Å²) in [7, 11) is 1.78. The van der Waals surface area contributed by atoms with Gasteiger partial charge >= 0.3 is 0 Å². The van der Waals surface area contributed by atoms with Crippen molar-refractivity contribution < 1.29 is 9.84 Å². The van der Waals surface area contributed by atoms with Gasteiger partial charge in [-0.2, -0.15) is 0 Å². The van der Waals surface area contributed by atoms with E-state index in [2.05, 4.69) is 22.8 Å². The molecule has 1 aromatic rings. The number of aliphatic hydroxyl groups excluding tert-OH is 1. The Morgan fingerprint density at radius 2 is 2.47 bits per heavy atom. The van der Waals surface area contributed by atoms with Gasteiger partial charge in [0.25, 0.3) is 0 Å². The number of methoxy groups -OCH3 is 1. The van der Waals surface area contributed by atoms with E-state index in [1.54, 1.807) is 18.4 Å². The highest BCUT2D eigenvalue weighted by Gasteiger charge is 2.22. The number of rotatable bonds is 3. The first-order valence-electron chi connectivity index (χ1n) is 5.75. The van der Waals surface area contributed by atoms with Gasteiger partial charge in [0.15, 0.2) is 0 Å². The van der Waals surface area contributed by atoms with Crippen LogP contribution in [-0.4, -0.2) is 42.9 Å². The molecule has 1 aliphatic rings. The van der Waals surface area contributed by atoms with Crippen LogP contribution in [0.4, 0.5) is 0 Å². The number of hydrogen-bond donors (Lipinski definition) is 1. The van der Waals surface area contributed by atoms with Crippen molar-refractivity contribution in [2.75, 3.05) is 26.8 Å². The number of thiophene rings is 1. The van der Waals surface area contributed by atoms with Crippen molar-refractivity contribution in [1.29, 1.82) is 0 Å². The van der Waals surface area contributed by atoms with Crippen LogP contribution < -0.4 is 0 Å². The van der Waals surface area contributed by atoms with Crippen LogP contribution in [0, 0.1) is 11.8 Å². The molecule has 0 spiro atoms. The van der Waals surface area contributed by atoms with E-state index < -0.39 is 0 Å². The molecule has 0 amide bonds. The van der Waals surface area contributed by atoms with Crippen molar-refractivity contribution in [3.05, 3.63) is 21.9 Å². The lowest BCUT2D eigenvalue weighted by atomic mass is 10.3. The molecule has 0 bridgehead atoms. The average molecular weight is 251 g/mol. The molecule has 0 radical (unpaired) electrons. The summed E-state index contributed by atoms with van der Waals surface area (Å²) in [5.74, 6) is 5.60. The standard InChI is InChI=1S/C13H17NO2S/c1-16-11-6-7-14(9-11)10-13-5-4-12(17-13)3-2-8-15/h4-5,11,15H,6-10H2,1H3. The van der Waals surface area contributed by atoms with Crippen molar-refractivity contribution in [2.24, 2.45) is 0 Å². The van der Waals surface area contributed by atoms with Gasteiger partial charge < -0.3 is 9.84 Å². The number of hydrogen-bond acceptors (Lipinski definition) is 4. The Morgan fingerprint density at radius 1 is 1.59 bits per heavy atom. The molecule has 1 atom stereocenters. The monoisotopic (exact) mass is 251 g/mol. The zero-order valence-electron chi connectivity index (χ0n) is 9.98.